The number of hydrogen-bond acceptors (Lipinski definition) is 5. The smallest absolute Gasteiger partial charge is 0.366 e. The van der Waals surface area contributed by atoms with Gasteiger partial charge in [0.1, 0.15) is 5.69 Å². The van der Waals surface area contributed by atoms with Gasteiger partial charge in [-0.1, -0.05) is 6.07 Å². The van der Waals surface area contributed by atoms with E-state index in [0.717, 1.165) is 18.9 Å². The Balaban J connectivity index is 2.54. The van der Waals surface area contributed by atoms with Gasteiger partial charge in [-0.05, 0) is 18.9 Å². The van der Waals surface area contributed by atoms with Crippen LogP contribution in [0.25, 0.3) is 0 Å². The molecule has 0 spiro atoms. The Morgan fingerprint density at radius 1 is 1.06 bits per heavy atom. The van der Waals surface area contributed by atoms with Crippen LogP contribution in [0.15, 0.2) is 18.2 Å². The predicted octanol–water partition coefficient (Wildman–Crippen LogP) is 2.10. The van der Waals surface area contributed by atoms with E-state index >= 15 is 0 Å². The zero-order chi connectivity index (χ0) is 12.4. The first kappa shape index (κ1) is 11.3. The summed E-state index contributed by atoms with van der Waals surface area (Å²) in [7, 11) is 0. The lowest BCUT2D eigenvalue weighted by atomic mass is 10.2. The van der Waals surface area contributed by atoms with Crippen LogP contribution < -0.4 is 4.90 Å². The van der Waals surface area contributed by atoms with E-state index in [1.807, 2.05) is 4.90 Å². The zero-order valence-electron chi connectivity index (χ0n) is 9.04. The van der Waals surface area contributed by atoms with E-state index in [4.69, 9.17) is 0 Å². The first-order chi connectivity index (χ1) is 8.11. The molecule has 1 aromatic rings. The topological polar surface area (TPSA) is 89.5 Å². The van der Waals surface area contributed by atoms with Gasteiger partial charge in [-0.2, -0.15) is 0 Å². The van der Waals surface area contributed by atoms with Crippen molar-refractivity contribution in [1.29, 1.82) is 0 Å². The predicted molar refractivity (Wildman–Crippen MR) is 61.2 cm³/mol. The van der Waals surface area contributed by atoms with Crippen molar-refractivity contribution in [2.45, 2.75) is 12.8 Å². The molecule has 1 saturated heterocycles. The van der Waals surface area contributed by atoms with Crippen molar-refractivity contribution in [3.8, 4) is 0 Å². The monoisotopic (exact) mass is 237 g/mol. The van der Waals surface area contributed by atoms with Gasteiger partial charge in [-0.3, -0.25) is 20.2 Å². The van der Waals surface area contributed by atoms with E-state index in [1.54, 1.807) is 6.07 Å². The molecule has 0 atom stereocenters. The molecule has 2 rings (SSSR count). The standard InChI is InChI=1S/C10H11N3O4/c14-12(15)9-5-3-4-8(10(9)13(16)17)11-6-1-2-7-11/h3-5H,1-2,6-7H2. The molecule has 1 aromatic carbocycles. The van der Waals surface area contributed by atoms with Gasteiger partial charge >= 0.3 is 11.4 Å². The van der Waals surface area contributed by atoms with E-state index in [2.05, 4.69) is 0 Å². The molecule has 1 aliphatic heterocycles. The number of nitrogens with zero attached hydrogens (tertiary/aromatic N) is 3. The van der Waals surface area contributed by atoms with Crippen LogP contribution in [0.3, 0.4) is 0 Å². The molecule has 0 aliphatic carbocycles. The number of para-hydroxylation sites is 1. The van der Waals surface area contributed by atoms with Crippen LogP contribution in [0.4, 0.5) is 17.1 Å². The molecule has 1 heterocycles. The maximum absolute atomic E-state index is 11.0. The SMILES string of the molecule is O=[N+]([O-])c1cccc(N2CCCC2)c1[N+](=O)[O-]. The molecule has 0 aromatic heterocycles. The van der Waals surface area contributed by atoms with Crippen molar-refractivity contribution >= 4 is 17.1 Å². The Labute approximate surface area is 97.0 Å². The first-order valence-corrected chi connectivity index (χ1v) is 5.28. The van der Waals surface area contributed by atoms with Crippen LogP contribution in [0.1, 0.15) is 12.8 Å². The minimum Gasteiger partial charge on any atom is -0.366 e. The number of nitro benzene ring substituents is 2. The fourth-order valence-corrected chi connectivity index (χ4v) is 2.07. The van der Waals surface area contributed by atoms with E-state index in [0.29, 0.717) is 18.8 Å². The highest BCUT2D eigenvalue weighted by Gasteiger charge is 2.31. The third kappa shape index (κ3) is 2.03. The lowest BCUT2D eigenvalue weighted by molar-refractivity contribution is -0.422. The average molecular weight is 237 g/mol. The summed E-state index contributed by atoms with van der Waals surface area (Å²) in [4.78, 5) is 22.2. The highest BCUT2D eigenvalue weighted by atomic mass is 16.6. The van der Waals surface area contributed by atoms with E-state index in [1.165, 1.54) is 6.07 Å². The van der Waals surface area contributed by atoms with Crippen LogP contribution in [-0.2, 0) is 0 Å². The molecule has 0 bridgehead atoms. The van der Waals surface area contributed by atoms with Gasteiger partial charge in [-0.15, -0.1) is 0 Å². The van der Waals surface area contributed by atoms with Crippen molar-refractivity contribution in [3.05, 3.63) is 38.4 Å². The van der Waals surface area contributed by atoms with Crippen LogP contribution in [0.5, 0.6) is 0 Å². The molecule has 0 N–H and O–H groups in total. The quantitative estimate of drug-likeness (QED) is 0.593. The average Bonchev–Trinajstić information content (AvgIpc) is 2.81. The number of rotatable bonds is 3. The molecule has 0 radical (unpaired) electrons. The van der Waals surface area contributed by atoms with Crippen molar-refractivity contribution < 1.29 is 9.85 Å². The molecular formula is C10H11N3O4. The molecular weight excluding hydrogens is 226 g/mol. The Morgan fingerprint density at radius 2 is 1.71 bits per heavy atom. The van der Waals surface area contributed by atoms with Gasteiger partial charge in [0, 0.05) is 19.2 Å². The largest absolute Gasteiger partial charge is 0.369 e. The van der Waals surface area contributed by atoms with E-state index in [9.17, 15) is 20.2 Å². The summed E-state index contributed by atoms with van der Waals surface area (Å²) in [5, 5.41) is 21.8. The fourth-order valence-electron chi connectivity index (χ4n) is 2.07. The minimum atomic E-state index is -0.711. The Hall–Kier alpha value is -2.18. The van der Waals surface area contributed by atoms with Crippen molar-refractivity contribution in [1.82, 2.24) is 0 Å². The molecule has 17 heavy (non-hydrogen) atoms. The van der Waals surface area contributed by atoms with E-state index < -0.39 is 21.2 Å². The van der Waals surface area contributed by atoms with Gasteiger partial charge in [0.15, 0.2) is 0 Å². The maximum Gasteiger partial charge on any atom is 0.369 e. The second-order valence-electron chi connectivity index (χ2n) is 3.85. The molecule has 0 amide bonds. The highest BCUT2D eigenvalue weighted by Crippen LogP contribution is 2.37. The van der Waals surface area contributed by atoms with E-state index in [-0.39, 0.29) is 0 Å². The molecule has 90 valence electrons. The maximum atomic E-state index is 11.0. The number of benzene rings is 1. The third-order valence-electron chi connectivity index (χ3n) is 2.82. The lowest BCUT2D eigenvalue weighted by Gasteiger charge is -2.16. The summed E-state index contributed by atoms with van der Waals surface area (Å²) in [5.41, 5.74) is -0.500. The third-order valence-corrected chi connectivity index (χ3v) is 2.82. The van der Waals surface area contributed by atoms with Crippen LogP contribution >= 0.6 is 0 Å². The molecule has 7 heteroatoms. The number of nitro groups is 2. The van der Waals surface area contributed by atoms with Gasteiger partial charge in [0.2, 0.25) is 0 Å². The van der Waals surface area contributed by atoms with Crippen LogP contribution in [-0.4, -0.2) is 22.9 Å². The molecule has 1 fully saturated rings. The van der Waals surface area contributed by atoms with Gasteiger partial charge in [0.05, 0.1) is 9.85 Å². The van der Waals surface area contributed by atoms with Gasteiger partial charge < -0.3 is 4.90 Å². The van der Waals surface area contributed by atoms with Crippen molar-refractivity contribution in [3.63, 3.8) is 0 Å². The summed E-state index contributed by atoms with van der Waals surface area (Å²) in [6.07, 6.45) is 1.92. The van der Waals surface area contributed by atoms with Gasteiger partial charge in [0.25, 0.3) is 0 Å². The van der Waals surface area contributed by atoms with Crippen LogP contribution in [0, 0.1) is 20.2 Å². The lowest BCUT2D eigenvalue weighted by Crippen LogP contribution is -2.19. The highest BCUT2D eigenvalue weighted by molar-refractivity contribution is 5.72. The number of hydrogen-bond donors (Lipinski definition) is 0. The Bertz CT molecular complexity index is 469. The normalized spacial score (nSPS) is 14.9. The Morgan fingerprint density at radius 3 is 2.24 bits per heavy atom. The molecule has 0 saturated carbocycles. The summed E-state index contributed by atoms with van der Waals surface area (Å²) >= 11 is 0. The van der Waals surface area contributed by atoms with Crippen molar-refractivity contribution in [2.75, 3.05) is 18.0 Å². The minimum absolute atomic E-state index is 0.349. The Kier molecular flexibility index (Phi) is 2.90. The number of anilines is 1. The van der Waals surface area contributed by atoms with Gasteiger partial charge in [-0.25, -0.2) is 0 Å². The molecule has 0 unspecified atom stereocenters. The first-order valence-electron chi connectivity index (χ1n) is 5.28. The van der Waals surface area contributed by atoms with Crippen LogP contribution in [0.2, 0.25) is 0 Å². The second kappa shape index (κ2) is 4.36. The summed E-state index contributed by atoms with van der Waals surface area (Å²) in [6, 6.07) is 4.22. The summed E-state index contributed by atoms with van der Waals surface area (Å²) in [6.45, 7) is 1.42. The summed E-state index contributed by atoms with van der Waals surface area (Å²) in [5.74, 6) is 0. The zero-order valence-corrected chi connectivity index (χ0v) is 9.04. The summed E-state index contributed by atoms with van der Waals surface area (Å²) < 4.78 is 0. The molecule has 1 aliphatic rings. The van der Waals surface area contributed by atoms with Crippen molar-refractivity contribution in [2.24, 2.45) is 0 Å². The second-order valence-corrected chi connectivity index (χ2v) is 3.85. The fraction of sp³-hybridized carbons (Fsp3) is 0.400. The molecule has 7 nitrogen and oxygen atoms in total.